The van der Waals surface area contributed by atoms with Crippen molar-refractivity contribution >= 4 is 30.3 Å². The summed E-state index contributed by atoms with van der Waals surface area (Å²) in [6.45, 7) is 11.0. The third kappa shape index (κ3) is 54.5. The minimum Gasteiger partial charge on any atom is -0.457 e. The summed E-state index contributed by atoms with van der Waals surface area (Å²) in [7, 11) is 7.97. The molecule has 0 bridgehead atoms. The summed E-state index contributed by atoms with van der Waals surface area (Å²) in [6, 6.07) is 0. The summed E-state index contributed by atoms with van der Waals surface area (Å²) in [4.78, 5) is 73.6. The van der Waals surface area contributed by atoms with Crippen LogP contribution in [0.15, 0.2) is 0 Å². The second-order valence-corrected chi connectivity index (χ2v) is 22.0. The highest BCUT2D eigenvalue weighted by Gasteiger charge is 2.23. The maximum absolute atomic E-state index is 13.4. The van der Waals surface area contributed by atoms with Crippen molar-refractivity contribution in [1.82, 2.24) is 40.9 Å². The van der Waals surface area contributed by atoms with Gasteiger partial charge in [0.05, 0.1) is 26.4 Å². The van der Waals surface area contributed by atoms with Crippen molar-refractivity contribution in [3.63, 3.8) is 0 Å². The van der Waals surface area contributed by atoms with E-state index in [0.717, 1.165) is 97.3 Å². The second kappa shape index (κ2) is 58.5. The molecule has 0 aromatic rings. The molecule has 0 radical (unpaired) electrons. The van der Waals surface area contributed by atoms with Crippen molar-refractivity contribution in [2.45, 2.75) is 179 Å². The molecule has 0 aromatic heterocycles. The van der Waals surface area contributed by atoms with Gasteiger partial charge >= 0.3 is 30.3 Å². The Labute approximate surface area is 501 Å². The molecule has 2 atom stereocenters. The predicted molar refractivity (Wildman–Crippen MR) is 329 cm³/mol. The van der Waals surface area contributed by atoms with Gasteiger partial charge < -0.3 is 97.0 Å². The van der Waals surface area contributed by atoms with E-state index in [-0.39, 0.29) is 46.1 Å². The van der Waals surface area contributed by atoms with Gasteiger partial charge in [-0.05, 0) is 165 Å². The Balaban J connectivity index is 5.94. The van der Waals surface area contributed by atoms with Gasteiger partial charge in [-0.2, -0.15) is 0 Å². The molecule has 24 heteroatoms. The summed E-state index contributed by atoms with van der Waals surface area (Å²) in [5, 5.41) is 11.0. The van der Waals surface area contributed by atoms with Crippen LogP contribution in [-0.2, 0) is 38.0 Å². The van der Waals surface area contributed by atoms with Gasteiger partial charge in [0.15, 0.2) is 12.2 Å². The van der Waals surface area contributed by atoms with E-state index in [1.807, 2.05) is 28.2 Å². The normalized spacial score (nSPS) is 12.6. The number of rotatable bonds is 59. The van der Waals surface area contributed by atoms with Crippen LogP contribution >= 0.6 is 0 Å². The molecule has 0 rings (SSSR count). The number of esters is 1. The number of unbranched alkanes of at least 4 members (excludes halogenated alkanes) is 14. The highest BCUT2D eigenvalue weighted by Crippen LogP contribution is 2.15. The number of nitrogens with zero attached hydrogens (tertiary/aromatic N) is 4. The smallest absolute Gasteiger partial charge is 0.407 e. The Kier molecular flexibility index (Phi) is 55.8. The number of nitrogens with two attached hydrogens (primary N) is 4. The van der Waals surface area contributed by atoms with Crippen molar-refractivity contribution in [3.05, 3.63) is 0 Å². The zero-order valence-electron chi connectivity index (χ0n) is 52.8. The van der Waals surface area contributed by atoms with E-state index in [1.54, 1.807) is 0 Å². The quantitative estimate of drug-likeness (QED) is 0.0211. The van der Waals surface area contributed by atoms with Crippen molar-refractivity contribution in [2.24, 2.45) is 22.9 Å². The first-order valence-electron chi connectivity index (χ1n) is 31.9. The molecule has 24 nitrogen and oxygen atoms in total. The fourth-order valence-corrected chi connectivity index (χ4v) is 8.77. The number of nitrogens with one attached hydrogen (secondary N) is 4. The van der Waals surface area contributed by atoms with E-state index < -0.39 is 48.7 Å². The molecular formula is C59H122N12O12. The average Bonchev–Trinajstić information content (AvgIpc) is 3.47. The molecule has 0 saturated carbocycles. The number of carbonyl (C=O) groups excluding carboxylic acids is 5. The zero-order valence-corrected chi connectivity index (χ0v) is 52.8. The van der Waals surface area contributed by atoms with E-state index >= 15 is 0 Å². The SMILES string of the molecule is CCCCCCCCCCCCCCCCCC(=O)OC(COCC(COC(=O)NCCCN(C)CCCN)OC(=O)NCCCN(C)CCCN)COCC(COC(=O)NCCCN(C)CCCN)OC(=O)NCCCN(C)CCCN. The predicted octanol–water partition coefficient (Wildman–Crippen LogP) is 5.52. The minimum atomic E-state index is -1.03. The molecule has 4 amide bonds. The topological polar surface area (TPSA) is 315 Å². The van der Waals surface area contributed by atoms with E-state index in [2.05, 4.69) is 47.8 Å². The van der Waals surface area contributed by atoms with Gasteiger partial charge in [0.2, 0.25) is 0 Å². The molecule has 0 aliphatic rings. The molecule has 0 saturated heterocycles. The largest absolute Gasteiger partial charge is 0.457 e. The van der Waals surface area contributed by atoms with Crippen LogP contribution in [0.25, 0.3) is 0 Å². The lowest BCUT2D eigenvalue weighted by Gasteiger charge is -2.23. The van der Waals surface area contributed by atoms with Gasteiger partial charge in [0.25, 0.3) is 0 Å². The Morgan fingerprint density at radius 3 is 0.904 bits per heavy atom. The van der Waals surface area contributed by atoms with Gasteiger partial charge in [-0.3, -0.25) is 4.79 Å². The summed E-state index contributed by atoms with van der Waals surface area (Å²) >= 11 is 0. The van der Waals surface area contributed by atoms with E-state index in [9.17, 15) is 24.0 Å². The summed E-state index contributed by atoms with van der Waals surface area (Å²) < 4.78 is 40.4. The van der Waals surface area contributed by atoms with Gasteiger partial charge in [-0.25, -0.2) is 19.2 Å². The van der Waals surface area contributed by atoms with E-state index in [4.69, 9.17) is 56.1 Å². The standard InChI is InChI=1S/C59H122N12O12/c1-6-7-8-9-10-11-12-13-14-15-16-17-18-19-20-29-55(72)81-52(46-77-48-53(82-58(75)66-36-27-44-70(4)40-23-32-62)50-79-56(73)64-34-25-42-68(2)38-21-30-60)47-78-49-54(83-59(76)67-37-28-45-71(5)41-24-33-63)51-80-57(74)65-35-26-43-69(3)39-22-31-61/h52-54H,6-51,60-63H2,1-5H3,(H,64,73)(H,65,74)(H,66,75)(H,67,76). The molecule has 83 heavy (non-hydrogen) atoms. The summed E-state index contributed by atoms with van der Waals surface area (Å²) in [6.07, 6.45) is 18.6. The summed E-state index contributed by atoms with van der Waals surface area (Å²) in [5.74, 6) is -0.435. The first-order chi connectivity index (χ1) is 40.3. The van der Waals surface area contributed by atoms with E-state index in [1.165, 1.54) is 70.6 Å². The lowest BCUT2D eigenvalue weighted by atomic mass is 10.0. The molecule has 2 unspecified atom stereocenters. The van der Waals surface area contributed by atoms with E-state index in [0.29, 0.717) is 84.5 Å². The van der Waals surface area contributed by atoms with Crippen LogP contribution in [0.1, 0.15) is 161 Å². The number of hydrogen-bond acceptors (Lipinski definition) is 20. The monoisotopic (exact) mass is 1190 g/mol. The Morgan fingerprint density at radius 2 is 0.602 bits per heavy atom. The summed E-state index contributed by atoms with van der Waals surface area (Å²) in [5.41, 5.74) is 22.6. The molecule has 12 N–H and O–H groups in total. The lowest BCUT2D eigenvalue weighted by molar-refractivity contribution is -0.158. The van der Waals surface area contributed by atoms with Crippen molar-refractivity contribution in [3.8, 4) is 0 Å². The highest BCUT2D eigenvalue weighted by molar-refractivity contribution is 5.70. The van der Waals surface area contributed by atoms with Crippen LogP contribution in [0, 0.1) is 0 Å². The number of ether oxygens (including phenoxy) is 7. The molecular weight excluding hydrogens is 1070 g/mol. The van der Waals surface area contributed by atoms with Crippen molar-refractivity contribution < 1.29 is 57.1 Å². The minimum absolute atomic E-state index is 0.183. The molecule has 0 aromatic carbocycles. The first kappa shape index (κ1) is 79.2. The third-order valence-corrected chi connectivity index (χ3v) is 13.8. The van der Waals surface area contributed by atoms with Crippen molar-refractivity contribution in [1.29, 1.82) is 0 Å². The second-order valence-electron chi connectivity index (χ2n) is 22.0. The molecule has 0 aliphatic carbocycles. The molecule has 0 fully saturated rings. The van der Waals surface area contributed by atoms with Crippen LogP contribution in [0.4, 0.5) is 19.2 Å². The Bertz CT molecular complexity index is 1450. The van der Waals surface area contributed by atoms with Crippen LogP contribution in [0.2, 0.25) is 0 Å². The third-order valence-electron chi connectivity index (χ3n) is 13.8. The fourth-order valence-electron chi connectivity index (χ4n) is 8.77. The maximum atomic E-state index is 13.4. The zero-order chi connectivity index (χ0) is 61.2. The van der Waals surface area contributed by atoms with Gasteiger partial charge in [-0.15, -0.1) is 0 Å². The number of hydrogen-bond donors (Lipinski definition) is 8. The molecule has 0 spiro atoms. The lowest BCUT2D eigenvalue weighted by Crippen LogP contribution is -2.39. The number of carbonyl (C=O) groups is 5. The van der Waals surface area contributed by atoms with Gasteiger partial charge in [0, 0.05) is 32.6 Å². The van der Waals surface area contributed by atoms with Crippen LogP contribution in [0.5, 0.6) is 0 Å². The van der Waals surface area contributed by atoms with Gasteiger partial charge in [0.1, 0.15) is 19.3 Å². The van der Waals surface area contributed by atoms with Crippen LogP contribution in [0.3, 0.4) is 0 Å². The maximum Gasteiger partial charge on any atom is 0.407 e. The van der Waals surface area contributed by atoms with Crippen LogP contribution < -0.4 is 44.2 Å². The van der Waals surface area contributed by atoms with Gasteiger partial charge in [-0.1, -0.05) is 96.8 Å². The number of amides is 4. The molecule has 0 heterocycles. The first-order valence-corrected chi connectivity index (χ1v) is 31.9. The number of alkyl carbamates (subject to hydrolysis) is 4. The van der Waals surface area contributed by atoms with Crippen LogP contribution in [-0.4, -0.2) is 241 Å². The average molecular weight is 1190 g/mol. The Hall–Kier alpha value is -3.85. The highest BCUT2D eigenvalue weighted by atomic mass is 16.6. The van der Waals surface area contributed by atoms with Crippen molar-refractivity contribution in [2.75, 3.05) is 173 Å². The fraction of sp³-hybridized carbons (Fsp3) is 0.915. The Morgan fingerprint density at radius 1 is 0.337 bits per heavy atom. The molecule has 0 aliphatic heterocycles. The molecule has 490 valence electrons.